The van der Waals surface area contributed by atoms with E-state index in [-0.39, 0.29) is 5.92 Å². The van der Waals surface area contributed by atoms with Gasteiger partial charge >= 0.3 is 0 Å². The van der Waals surface area contributed by atoms with Crippen LogP contribution in [0.1, 0.15) is 28.2 Å². The van der Waals surface area contributed by atoms with Gasteiger partial charge in [-0.05, 0) is 58.7 Å². The summed E-state index contributed by atoms with van der Waals surface area (Å²) in [6, 6.07) is 33.4. The molecule has 0 radical (unpaired) electrons. The van der Waals surface area contributed by atoms with Gasteiger partial charge in [0.25, 0.3) is 0 Å². The molecule has 0 amide bonds. The SMILES string of the molecule is Clc1ccc(C(c2ccc(Cl)cc2)c2ccc3nncc(N4CCN(Cc5ccccc5)CC4)c3c2)cc1. The van der Waals surface area contributed by atoms with Crippen LogP contribution in [0.2, 0.25) is 10.0 Å². The first-order valence-electron chi connectivity index (χ1n) is 12.9. The van der Waals surface area contributed by atoms with Crippen LogP contribution in [-0.4, -0.2) is 41.3 Å². The highest BCUT2D eigenvalue weighted by Gasteiger charge is 2.22. The molecule has 1 aromatic heterocycles. The van der Waals surface area contributed by atoms with Crippen molar-refractivity contribution in [2.45, 2.75) is 12.5 Å². The first-order valence-corrected chi connectivity index (χ1v) is 13.7. The predicted octanol–water partition coefficient (Wildman–Crippen LogP) is 7.44. The number of fused-ring (bicyclic) bond motifs is 1. The van der Waals surface area contributed by atoms with E-state index in [1.54, 1.807) is 0 Å². The standard InChI is InChI=1S/C32H28Cl2N4/c33-27-11-6-24(7-12-27)32(25-8-13-28(34)14-9-25)26-10-15-30-29(20-26)31(21-35-36-30)38-18-16-37(17-19-38)22-23-4-2-1-3-5-23/h1-15,20-21,32H,16-19,22H2. The largest absolute Gasteiger partial charge is 0.367 e. The van der Waals surface area contributed by atoms with Gasteiger partial charge < -0.3 is 4.90 Å². The molecule has 0 N–H and O–H groups in total. The summed E-state index contributed by atoms with van der Waals surface area (Å²) in [4.78, 5) is 4.97. The molecular weight excluding hydrogens is 511 g/mol. The highest BCUT2D eigenvalue weighted by molar-refractivity contribution is 6.30. The summed E-state index contributed by atoms with van der Waals surface area (Å²) in [6.45, 7) is 4.91. The fraction of sp³-hybridized carbons (Fsp3) is 0.188. The Labute approximate surface area is 233 Å². The maximum atomic E-state index is 6.23. The van der Waals surface area contributed by atoms with Crippen LogP contribution < -0.4 is 4.90 Å². The smallest absolute Gasteiger partial charge is 0.0950 e. The number of rotatable bonds is 6. The van der Waals surface area contributed by atoms with Crippen molar-refractivity contribution in [3.63, 3.8) is 0 Å². The molecule has 4 aromatic carbocycles. The van der Waals surface area contributed by atoms with Crippen LogP contribution in [0.5, 0.6) is 0 Å². The van der Waals surface area contributed by atoms with Crippen molar-refractivity contribution in [2.75, 3.05) is 31.1 Å². The monoisotopic (exact) mass is 538 g/mol. The van der Waals surface area contributed by atoms with Gasteiger partial charge in [-0.2, -0.15) is 10.2 Å². The van der Waals surface area contributed by atoms with Gasteiger partial charge in [0.1, 0.15) is 0 Å². The van der Waals surface area contributed by atoms with Crippen LogP contribution >= 0.6 is 23.2 Å². The first kappa shape index (κ1) is 24.9. The molecule has 0 bridgehead atoms. The third-order valence-corrected chi connectivity index (χ3v) is 7.85. The van der Waals surface area contributed by atoms with E-state index in [2.05, 4.69) is 92.8 Å². The van der Waals surface area contributed by atoms with Crippen molar-refractivity contribution in [1.29, 1.82) is 0 Å². The second kappa shape index (κ2) is 11.1. The van der Waals surface area contributed by atoms with Gasteiger partial charge in [0, 0.05) is 54.1 Å². The van der Waals surface area contributed by atoms with Crippen LogP contribution in [0, 0.1) is 0 Å². The molecule has 4 nitrogen and oxygen atoms in total. The molecule has 0 atom stereocenters. The molecule has 5 aromatic rings. The Morgan fingerprint density at radius 1 is 0.684 bits per heavy atom. The maximum absolute atomic E-state index is 6.23. The van der Waals surface area contributed by atoms with E-state index < -0.39 is 0 Å². The molecule has 1 aliphatic heterocycles. The second-order valence-electron chi connectivity index (χ2n) is 9.79. The Bertz CT molecular complexity index is 1470. The Morgan fingerprint density at radius 3 is 1.92 bits per heavy atom. The molecule has 2 heterocycles. The molecule has 38 heavy (non-hydrogen) atoms. The van der Waals surface area contributed by atoms with Gasteiger partial charge in [0.15, 0.2) is 0 Å². The average molecular weight is 540 g/mol. The third kappa shape index (κ3) is 5.39. The molecule has 1 saturated heterocycles. The summed E-state index contributed by atoms with van der Waals surface area (Å²) in [5, 5.41) is 11.4. The van der Waals surface area contributed by atoms with Crippen molar-refractivity contribution in [3.8, 4) is 0 Å². The summed E-state index contributed by atoms with van der Waals surface area (Å²) in [6.07, 6.45) is 1.92. The molecule has 1 aliphatic rings. The predicted molar refractivity (Wildman–Crippen MR) is 157 cm³/mol. The maximum Gasteiger partial charge on any atom is 0.0950 e. The minimum absolute atomic E-state index is 0.0395. The van der Waals surface area contributed by atoms with Crippen molar-refractivity contribution in [3.05, 3.63) is 136 Å². The fourth-order valence-electron chi connectivity index (χ4n) is 5.37. The summed E-state index contributed by atoms with van der Waals surface area (Å²) >= 11 is 12.5. The van der Waals surface area contributed by atoms with Crippen molar-refractivity contribution < 1.29 is 0 Å². The lowest BCUT2D eigenvalue weighted by Gasteiger charge is -2.36. The lowest BCUT2D eigenvalue weighted by Crippen LogP contribution is -2.46. The van der Waals surface area contributed by atoms with Gasteiger partial charge in [-0.1, -0.05) is 83.9 Å². The average Bonchev–Trinajstić information content (AvgIpc) is 2.96. The lowest BCUT2D eigenvalue weighted by molar-refractivity contribution is 0.250. The third-order valence-electron chi connectivity index (χ3n) is 7.34. The zero-order valence-electron chi connectivity index (χ0n) is 21.0. The molecule has 6 heteroatoms. The first-order chi connectivity index (χ1) is 18.6. The number of aromatic nitrogens is 2. The summed E-state index contributed by atoms with van der Waals surface area (Å²) < 4.78 is 0. The minimum Gasteiger partial charge on any atom is -0.367 e. The Kier molecular flexibility index (Phi) is 7.28. The topological polar surface area (TPSA) is 32.3 Å². The second-order valence-corrected chi connectivity index (χ2v) is 10.7. The molecular formula is C32H28Cl2N4. The Balaban J connectivity index is 1.32. The molecule has 0 spiro atoms. The zero-order chi connectivity index (χ0) is 25.9. The highest BCUT2D eigenvalue weighted by Crippen LogP contribution is 2.36. The number of hydrogen-bond donors (Lipinski definition) is 0. The lowest BCUT2D eigenvalue weighted by atomic mass is 9.84. The molecule has 0 aliphatic carbocycles. The number of anilines is 1. The van der Waals surface area contributed by atoms with E-state index in [1.807, 2.05) is 30.5 Å². The van der Waals surface area contributed by atoms with Gasteiger partial charge in [0.05, 0.1) is 17.4 Å². The van der Waals surface area contributed by atoms with Crippen molar-refractivity contribution in [2.24, 2.45) is 0 Å². The van der Waals surface area contributed by atoms with E-state index >= 15 is 0 Å². The van der Waals surface area contributed by atoms with E-state index in [4.69, 9.17) is 23.2 Å². The molecule has 1 fully saturated rings. The van der Waals surface area contributed by atoms with Gasteiger partial charge in [-0.3, -0.25) is 4.90 Å². The number of hydrogen-bond acceptors (Lipinski definition) is 4. The van der Waals surface area contributed by atoms with Crippen LogP contribution in [0.25, 0.3) is 10.9 Å². The van der Waals surface area contributed by atoms with Gasteiger partial charge in [0.2, 0.25) is 0 Å². The van der Waals surface area contributed by atoms with Crippen molar-refractivity contribution >= 4 is 39.8 Å². The minimum atomic E-state index is 0.0395. The van der Waals surface area contributed by atoms with E-state index in [9.17, 15) is 0 Å². The van der Waals surface area contributed by atoms with E-state index in [0.717, 1.165) is 59.4 Å². The van der Waals surface area contributed by atoms with E-state index in [0.29, 0.717) is 0 Å². The van der Waals surface area contributed by atoms with Crippen LogP contribution in [-0.2, 0) is 6.54 Å². The molecule has 6 rings (SSSR count). The Morgan fingerprint density at radius 2 is 1.29 bits per heavy atom. The fourth-order valence-corrected chi connectivity index (χ4v) is 5.62. The normalized spacial score (nSPS) is 14.3. The van der Waals surface area contributed by atoms with Crippen molar-refractivity contribution in [1.82, 2.24) is 15.1 Å². The number of halogens is 2. The summed E-state index contributed by atoms with van der Waals surface area (Å²) in [7, 11) is 0. The number of nitrogens with zero attached hydrogens (tertiary/aromatic N) is 4. The molecule has 190 valence electrons. The van der Waals surface area contributed by atoms with E-state index in [1.165, 1.54) is 22.3 Å². The number of benzene rings is 4. The van der Waals surface area contributed by atoms with Crippen LogP contribution in [0.3, 0.4) is 0 Å². The molecule has 0 saturated carbocycles. The number of piperazine rings is 1. The molecule has 0 unspecified atom stereocenters. The zero-order valence-corrected chi connectivity index (χ0v) is 22.5. The summed E-state index contributed by atoms with van der Waals surface area (Å²) in [5.41, 5.74) is 6.95. The van der Waals surface area contributed by atoms with Gasteiger partial charge in [-0.25, -0.2) is 0 Å². The van der Waals surface area contributed by atoms with Gasteiger partial charge in [-0.15, -0.1) is 0 Å². The Hall–Kier alpha value is -3.44. The quantitative estimate of drug-likeness (QED) is 0.210. The van der Waals surface area contributed by atoms with Crippen LogP contribution in [0.15, 0.2) is 103 Å². The summed E-state index contributed by atoms with van der Waals surface area (Å²) in [5.74, 6) is 0.0395. The highest BCUT2D eigenvalue weighted by atomic mass is 35.5. The van der Waals surface area contributed by atoms with Crippen LogP contribution in [0.4, 0.5) is 5.69 Å².